The van der Waals surface area contributed by atoms with E-state index in [0.717, 1.165) is 22.1 Å². The molecule has 0 saturated carbocycles. The topological polar surface area (TPSA) is 25.8 Å². The first-order valence-electron chi connectivity index (χ1n) is 6.12. The summed E-state index contributed by atoms with van der Waals surface area (Å²) >= 11 is 1.83. The van der Waals surface area contributed by atoms with E-state index in [9.17, 15) is 0 Å². The van der Waals surface area contributed by atoms with Crippen LogP contribution in [0.2, 0.25) is 0 Å². The van der Waals surface area contributed by atoms with Gasteiger partial charge in [0.2, 0.25) is 0 Å². The molecular weight excluding hydrogens is 228 g/mol. The lowest BCUT2D eigenvalue weighted by Gasteiger charge is -2.09. The Hall–Kier alpha value is -1.09. The number of thioether (sulfide) groups is 1. The summed E-state index contributed by atoms with van der Waals surface area (Å²) in [5.41, 5.74) is 1.06. The van der Waals surface area contributed by atoms with Gasteiger partial charge in [-0.1, -0.05) is 39.0 Å². The van der Waals surface area contributed by atoms with Gasteiger partial charge in [-0.15, -0.1) is 11.8 Å². The van der Waals surface area contributed by atoms with E-state index in [1.807, 2.05) is 17.8 Å². The number of rotatable bonds is 4. The lowest BCUT2D eigenvalue weighted by molar-refractivity contribution is 0.765. The summed E-state index contributed by atoms with van der Waals surface area (Å²) in [6.07, 6.45) is 1.17. The van der Waals surface area contributed by atoms with Crippen molar-refractivity contribution in [2.24, 2.45) is 0 Å². The fourth-order valence-electron chi connectivity index (χ4n) is 1.63. The van der Waals surface area contributed by atoms with E-state index in [0.29, 0.717) is 5.92 Å². The number of nitrogens with zero attached hydrogens (tertiary/aromatic N) is 2. The Morgan fingerprint density at radius 2 is 1.94 bits per heavy atom. The Kier molecular flexibility index (Phi) is 4.00. The maximum atomic E-state index is 4.69. The Bertz CT molecular complexity index is 509. The van der Waals surface area contributed by atoms with Crippen LogP contribution in [-0.4, -0.2) is 15.7 Å². The quantitative estimate of drug-likeness (QED) is 0.595. The van der Waals surface area contributed by atoms with Crippen LogP contribution in [0.3, 0.4) is 0 Å². The molecule has 0 aliphatic heterocycles. The van der Waals surface area contributed by atoms with E-state index < -0.39 is 0 Å². The van der Waals surface area contributed by atoms with Crippen LogP contribution in [0.25, 0.3) is 10.9 Å². The molecule has 0 aliphatic rings. The first-order chi connectivity index (χ1) is 8.22. The third kappa shape index (κ3) is 2.78. The second-order valence-electron chi connectivity index (χ2n) is 4.41. The largest absolute Gasteiger partial charge is 0.233 e. The molecule has 0 saturated heterocycles. The smallest absolute Gasteiger partial charge is 0.132 e. The Morgan fingerprint density at radius 3 is 2.65 bits per heavy atom. The fourth-order valence-corrected chi connectivity index (χ4v) is 2.52. The molecule has 0 N–H and O–H groups in total. The number of hydrogen-bond acceptors (Lipinski definition) is 3. The van der Waals surface area contributed by atoms with E-state index in [1.165, 1.54) is 11.8 Å². The van der Waals surface area contributed by atoms with Crippen LogP contribution in [0, 0.1) is 0 Å². The lowest BCUT2D eigenvalue weighted by Crippen LogP contribution is -2.00. The average molecular weight is 246 g/mol. The second kappa shape index (κ2) is 5.50. The van der Waals surface area contributed by atoms with Gasteiger partial charge in [0.15, 0.2) is 0 Å². The van der Waals surface area contributed by atoms with Crippen LogP contribution in [0.1, 0.15) is 38.9 Å². The third-order valence-electron chi connectivity index (χ3n) is 2.54. The predicted octanol–water partition coefficient (Wildman–Crippen LogP) is 4.26. The zero-order valence-electron chi connectivity index (χ0n) is 10.6. The summed E-state index contributed by atoms with van der Waals surface area (Å²) in [5.74, 6) is 2.43. The molecule has 2 aromatic rings. The number of benzene rings is 1. The Balaban J connectivity index is 2.52. The van der Waals surface area contributed by atoms with E-state index >= 15 is 0 Å². The van der Waals surface area contributed by atoms with Crippen LogP contribution in [-0.2, 0) is 0 Å². The van der Waals surface area contributed by atoms with Crippen LogP contribution >= 0.6 is 11.8 Å². The van der Waals surface area contributed by atoms with Gasteiger partial charge in [-0.3, -0.25) is 0 Å². The summed E-state index contributed by atoms with van der Waals surface area (Å²) < 4.78 is 0. The number of para-hydroxylation sites is 1. The van der Waals surface area contributed by atoms with Crippen molar-refractivity contribution in [2.45, 2.75) is 38.1 Å². The zero-order valence-corrected chi connectivity index (χ0v) is 11.4. The zero-order chi connectivity index (χ0) is 12.3. The van der Waals surface area contributed by atoms with Crippen LogP contribution < -0.4 is 0 Å². The van der Waals surface area contributed by atoms with Gasteiger partial charge in [-0.05, 0) is 18.2 Å². The van der Waals surface area contributed by atoms with E-state index in [2.05, 4.69) is 48.9 Å². The third-order valence-corrected chi connectivity index (χ3v) is 3.74. The highest BCUT2D eigenvalue weighted by Crippen LogP contribution is 2.27. The highest BCUT2D eigenvalue weighted by Gasteiger charge is 2.09. The number of fused-ring (bicyclic) bond motifs is 1. The molecule has 0 amide bonds. The standard InChI is InChI=1S/C14H18N2S/c1-4-9-17-14-11-7-5-6-8-12(11)15-13(16-14)10(2)3/h5-8,10H,4,9H2,1-3H3. The van der Waals surface area contributed by atoms with Crippen molar-refractivity contribution in [1.29, 1.82) is 0 Å². The summed E-state index contributed by atoms with van der Waals surface area (Å²) in [4.78, 5) is 9.31. The maximum Gasteiger partial charge on any atom is 0.132 e. The minimum Gasteiger partial charge on any atom is -0.233 e. The minimum atomic E-state index is 0.376. The molecule has 0 spiro atoms. The van der Waals surface area contributed by atoms with Gasteiger partial charge >= 0.3 is 0 Å². The van der Waals surface area contributed by atoms with E-state index in [-0.39, 0.29) is 0 Å². The van der Waals surface area contributed by atoms with Crippen molar-refractivity contribution in [3.8, 4) is 0 Å². The molecule has 17 heavy (non-hydrogen) atoms. The van der Waals surface area contributed by atoms with Gasteiger partial charge in [-0.2, -0.15) is 0 Å². The molecule has 0 unspecified atom stereocenters. The van der Waals surface area contributed by atoms with Gasteiger partial charge in [0, 0.05) is 11.3 Å². The van der Waals surface area contributed by atoms with Crippen molar-refractivity contribution in [3.63, 3.8) is 0 Å². The predicted molar refractivity (Wildman–Crippen MR) is 74.6 cm³/mol. The molecule has 1 heterocycles. The maximum absolute atomic E-state index is 4.69. The van der Waals surface area contributed by atoms with Crippen molar-refractivity contribution < 1.29 is 0 Å². The normalized spacial score (nSPS) is 11.3. The highest BCUT2D eigenvalue weighted by molar-refractivity contribution is 7.99. The van der Waals surface area contributed by atoms with Crippen LogP contribution in [0.4, 0.5) is 0 Å². The van der Waals surface area contributed by atoms with Gasteiger partial charge in [0.25, 0.3) is 0 Å². The molecule has 1 aromatic heterocycles. The van der Waals surface area contributed by atoms with Crippen molar-refractivity contribution in [1.82, 2.24) is 9.97 Å². The molecule has 0 radical (unpaired) electrons. The molecule has 2 nitrogen and oxygen atoms in total. The Morgan fingerprint density at radius 1 is 1.18 bits per heavy atom. The lowest BCUT2D eigenvalue weighted by atomic mass is 10.2. The van der Waals surface area contributed by atoms with Gasteiger partial charge in [-0.25, -0.2) is 9.97 Å². The highest BCUT2D eigenvalue weighted by atomic mass is 32.2. The monoisotopic (exact) mass is 246 g/mol. The summed E-state index contributed by atoms with van der Waals surface area (Å²) in [5, 5.41) is 2.30. The SMILES string of the molecule is CCCSc1nc(C(C)C)nc2ccccc12. The molecular formula is C14H18N2S. The van der Waals surface area contributed by atoms with Gasteiger partial charge < -0.3 is 0 Å². The van der Waals surface area contributed by atoms with Gasteiger partial charge in [0.05, 0.1) is 5.52 Å². The van der Waals surface area contributed by atoms with Crippen molar-refractivity contribution in [2.75, 3.05) is 5.75 Å². The van der Waals surface area contributed by atoms with Crippen molar-refractivity contribution >= 4 is 22.7 Å². The average Bonchev–Trinajstić information content (AvgIpc) is 2.35. The molecule has 1 aromatic carbocycles. The summed E-state index contributed by atoms with van der Waals surface area (Å²) in [7, 11) is 0. The van der Waals surface area contributed by atoms with Crippen LogP contribution in [0.5, 0.6) is 0 Å². The minimum absolute atomic E-state index is 0.376. The fraction of sp³-hybridized carbons (Fsp3) is 0.429. The first kappa shape index (κ1) is 12.4. The second-order valence-corrected chi connectivity index (χ2v) is 5.49. The van der Waals surface area contributed by atoms with Gasteiger partial charge in [0.1, 0.15) is 10.9 Å². The molecule has 0 aliphatic carbocycles. The molecule has 3 heteroatoms. The van der Waals surface area contributed by atoms with Crippen LogP contribution in [0.15, 0.2) is 29.3 Å². The number of aromatic nitrogens is 2. The first-order valence-corrected chi connectivity index (χ1v) is 7.10. The molecule has 0 fully saturated rings. The Labute approximate surface area is 107 Å². The summed E-state index contributed by atoms with van der Waals surface area (Å²) in [6.45, 7) is 6.47. The van der Waals surface area contributed by atoms with E-state index in [4.69, 9.17) is 0 Å². The molecule has 2 rings (SSSR count). The molecule has 0 bridgehead atoms. The summed E-state index contributed by atoms with van der Waals surface area (Å²) in [6, 6.07) is 8.26. The molecule has 0 atom stereocenters. The van der Waals surface area contributed by atoms with E-state index in [1.54, 1.807) is 0 Å². The molecule has 90 valence electrons. The van der Waals surface area contributed by atoms with Crippen molar-refractivity contribution in [3.05, 3.63) is 30.1 Å². The number of hydrogen-bond donors (Lipinski definition) is 0.